The van der Waals surface area contributed by atoms with Crippen LogP contribution < -0.4 is 10.6 Å². The van der Waals surface area contributed by atoms with E-state index in [9.17, 15) is 19.2 Å². The molecule has 0 aliphatic carbocycles. The topological polar surface area (TPSA) is 181 Å². The van der Waals surface area contributed by atoms with Crippen molar-refractivity contribution in [1.82, 2.24) is 35.5 Å². The first-order chi connectivity index (χ1) is 27.8. The molecule has 14 nitrogen and oxygen atoms in total. The number of aromatic amines is 2. The molecule has 4 N–H and O–H groups in total. The number of aromatic nitrogens is 4. The highest BCUT2D eigenvalue weighted by Crippen LogP contribution is 2.34. The van der Waals surface area contributed by atoms with Crippen LogP contribution in [-0.2, 0) is 28.6 Å². The van der Waals surface area contributed by atoms with E-state index in [1.54, 1.807) is 17.3 Å². The summed E-state index contributed by atoms with van der Waals surface area (Å²) in [7, 11) is 2.61. The molecular formula is C44H59N7O7. The average Bonchev–Trinajstić information content (AvgIpc) is 4.02. The van der Waals surface area contributed by atoms with Gasteiger partial charge in [0.2, 0.25) is 11.8 Å². The highest BCUT2D eigenvalue weighted by Gasteiger charge is 2.37. The number of hydrogen-bond acceptors (Lipinski definition) is 9. The lowest BCUT2D eigenvalue weighted by Crippen LogP contribution is -2.51. The van der Waals surface area contributed by atoms with E-state index in [1.165, 1.54) is 14.2 Å². The maximum Gasteiger partial charge on any atom is 0.407 e. The lowest BCUT2D eigenvalue weighted by atomic mass is 9.91. The van der Waals surface area contributed by atoms with Crippen molar-refractivity contribution in [1.29, 1.82) is 0 Å². The molecule has 2 aromatic carbocycles. The molecule has 1 aliphatic rings. The molecule has 58 heavy (non-hydrogen) atoms. The number of H-pyrrole nitrogens is 2. The van der Waals surface area contributed by atoms with Crippen LogP contribution in [0, 0.1) is 17.8 Å². The van der Waals surface area contributed by atoms with Gasteiger partial charge in [-0.05, 0) is 60.3 Å². The number of nitrogens with zero attached hydrogens (tertiary/aromatic N) is 3. The average molecular weight is 798 g/mol. The normalized spacial score (nSPS) is 16.2. The minimum atomic E-state index is -0.694. The number of carbonyl (C=O) groups excluding carboxylic acids is 4. The second-order valence-electron chi connectivity index (χ2n) is 15.6. The summed E-state index contributed by atoms with van der Waals surface area (Å²) in [5, 5.41) is 5.81. The third-order valence-corrected chi connectivity index (χ3v) is 10.9. The number of esters is 1. The number of nitrogens with one attached hydrogen (secondary N) is 4. The standard InChI is InChI=1S/C44H59N7O7/c1-9-10-22-58-28(6)39(49-42(53)33(26(2)3)23-37(52)56-7)41-46-25-35(48-41)32-19-15-30(16-20-32)29-13-17-31(18-14-29)34-24-45-40(47-34)36-12-11-21-51(36)43(54)38(27(4)5)50-44(55)57-8/h13-20,24-28,33,36,38-39H,9-12,21-23H2,1-8H3,(H,45,47)(H,46,48)(H,49,53)(H,50,55)/t28-,33+,36+,38+,39+/m1/s1. The van der Waals surface area contributed by atoms with E-state index in [4.69, 9.17) is 14.2 Å². The fourth-order valence-corrected chi connectivity index (χ4v) is 7.24. The van der Waals surface area contributed by atoms with E-state index < -0.39 is 30.1 Å². The van der Waals surface area contributed by atoms with Crippen molar-refractivity contribution in [2.75, 3.05) is 27.4 Å². The molecule has 5 rings (SSSR count). The lowest BCUT2D eigenvalue weighted by molar-refractivity contribution is -0.145. The molecule has 0 bridgehead atoms. The number of benzene rings is 2. The van der Waals surface area contributed by atoms with Crippen molar-refractivity contribution >= 4 is 23.9 Å². The number of imidazole rings is 2. The molecule has 1 aliphatic heterocycles. The first-order valence-corrected chi connectivity index (χ1v) is 20.3. The molecule has 3 amide bonds. The fraction of sp³-hybridized carbons (Fsp3) is 0.500. The monoisotopic (exact) mass is 797 g/mol. The van der Waals surface area contributed by atoms with Crippen molar-refractivity contribution < 1.29 is 33.4 Å². The number of rotatable bonds is 18. The summed E-state index contributed by atoms with van der Waals surface area (Å²) in [6, 6.07) is 14.9. The highest BCUT2D eigenvalue weighted by molar-refractivity contribution is 5.86. The van der Waals surface area contributed by atoms with Gasteiger partial charge < -0.3 is 39.7 Å². The third kappa shape index (κ3) is 10.7. The van der Waals surface area contributed by atoms with Crippen molar-refractivity contribution in [3.05, 3.63) is 72.6 Å². The van der Waals surface area contributed by atoms with Crippen LogP contribution >= 0.6 is 0 Å². The Hall–Kier alpha value is -5.50. The molecule has 3 heterocycles. The van der Waals surface area contributed by atoms with Gasteiger partial charge in [0.1, 0.15) is 23.7 Å². The molecule has 0 unspecified atom stereocenters. The molecule has 14 heteroatoms. The number of amides is 3. The van der Waals surface area contributed by atoms with Crippen LogP contribution in [-0.4, -0.2) is 88.2 Å². The van der Waals surface area contributed by atoms with Gasteiger partial charge in [0.25, 0.3) is 0 Å². The van der Waals surface area contributed by atoms with Crippen LogP contribution in [0.4, 0.5) is 4.79 Å². The van der Waals surface area contributed by atoms with Gasteiger partial charge in [-0.25, -0.2) is 14.8 Å². The van der Waals surface area contributed by atoms with E-state index >= 15 is 0 Å². The van der Waals surface area contributed by atoms with Gasteiger partial charge in [-0.1, -0.05) is 89.6 Å². The zero-order valence-electron chi connectivity index (χ0n) is 35.0. The molecule has 1 saturated heterocycles. The second kappa shape index (κ2) is 20.3. The molecule has 0 spiro atoms. The van der Waals surface area contributed by atoms with Gasteiger partial charge in [-0.15, -0.1) is 0 Å². The molecular weight excluding hydrogens is 739 g/mol. The van der Waals surface area contributed by atoms with E-state index in [1.807, 2.05) is 58.9 Å². The number of methoxy groups -OCH3 is 2. The zero-order chi connectivity index (χ0) is 41.9. The number of carbonyl (C=O) groups is 4. The smallest absolute Gasteiger partial charge is 0.407 e. The number of ether oxygens (including phenoxy) is 3. The van der Waals surface area contributed by atoms with Crippen LogP contribution in [0.25, 0.3) is 33.6 Å². The summed E-state index contributed by atoms with van der Waals surface area (Å²) < 4.78 is 15.7. The van der Waals surface area contributed by atoms with Gasteiger partial charge in [-0.3, -0.25) is 14.4 Å². The lowest BCUT2D eigenvalue weighted by Gasteiger charge is -2.30. The summed E-state index contributed by atoms with van der Waals surface area (Å²) in [6.07, 6.45) is 6.03. The fourth-order valence-electron chi connectivity index (χ4n) is 7.24. The Morgan fingerprint density at radius 1 is 0.810 bits per heavy atom. The molecule has 312 valence electrons. The SMILES string of the molecule is CCCCO[C@H](C)[C@H](NC(=O)[C@@H](CC(=O)OC)C(C)C)c1ncc(-c2ccc(-c3ccc(-c4cnc([C@@H]5CCCN5C(=O)[C@@H](NC(=O)OC)C(C)C)[nH]4)cc3)cc2)[nH]1. The first kappa shape index (κ1) is 43.6. The van der Waals surface area contributed by atoms with Crippen molar-refractivity contribution in [2.45, 2.75) is 97.9 Å². The van der Waals surface area contributed by atoms with Crippen LogP contribution in [0.15, 0.2) is 60.9 Å². The third-order valence-electron chi connectivity index (χ3n) is 10.9. The minimum absolute atomic E-state index is 0.0120. The maximum absolute atomic E-state index is 13.6. The quantitative estimate of drug-likeness (QED) is 0.0590. The Kier molecular flexibility index (Phi) is 15.2. The number of unbranched alkanes of at least 4 members (excludes halogenated alkanes) is 1. The summed E-state index contributed by atoms with van der Waals surface area (Å²) in [5.74, 6) is -0.297. The number of likely N-dealkylation sites (tertiary alicyclic amines) is 1. The molecule has 2 aromatic heterocycles. The Bertz CT molecular complexity index is 1970. The molecule has 0 saturated carbocycles. The van der Waals surface area contributed by atoms with Crippen molar-refractivity contribution in [3.63, 3.8) is 0 Å². The van der Waals surface area contributed by atoms with Crippen molar-refractivity contribution in [3.8, 4) is 33.6 Å². The van der Waals surface area contributed by atoms with Crippen LogP contribution in [0.3, 0.4) is 0 Å². The van der Waals surface area contributed by atoms with E-state index in [2.05, 4.69) is 61.8 Å². The Labute approximate surface area is 341 Å². The first-order valence-electron chi connectivity index (χ1n) is 20.3. The van der Waals surface area contributed by atoms with Crippen LogP contribution in [0.1, 0.15) is 97.4 Å². The summed E-state index contributed by atoms with van der Waals surface area (Å²) in [5.41, 5.74) is 5.62. The Balaban J connectivity index is 1.27. The van der Waals surface area contributed by atoms with Gasteiger partial charge in [-0.2, -0.15) is 0 Å². The highest BCUT2D eigenvalue weighted by atomic mass is 16.5. The molecule has 4 aromatic rings. The van der Waals surface area contributed by atoms with Gasteiger partial charge in [0, 0.05) is 13.2 Å². The predicted octanol–water partition coefficient (Wildman–Crippen LogP) is 7.38. The van der Waals surface area contributed by atoms with Crippen molar-refractivity contribution in [2.24, 2.45) is 17.8 Å². The van der Waals surface area contributed by atoms with E-state index in [0.29, 0.717) is 24.8 Å². The van der Waals surface area contributed by atoms with E-state index in [-0.39, 0.29) is 42.2 Å². The predicted molar refractivity (Wildman–Crippen MR) is 221 cm³/mol. The number of alkyl carbamates (subject to hydrolysis) is 1. The van der Waals surface area contributed by atoms with Crippen LogP contribution in [0.2, 0.25) is 0 Å². The Morgan fingerprint density at radius 3 is 1.98 bits per heavy atom. The Morgan fingerprint density at radius 2 is 1.41 bits per heavy atom. The molecule has 1 fully saturated rings. The largest absolute Gasteiger partial charge is 0.469 e. The summed E-state index contributed by atoms with van der Waals surface area (Å²) in [6.45, 7) is 12.8. The second-order valence-corrected chi connectivity index (χ2v) is 15.6. The van der Waals surface area contributed by atoms with Gasteiger partial charge in [0.05, 0.1) is 62.5 Å². The van der Waals surface area contributed by atoms with Gasteiger partial charge in [0.15, 0.2) is 0 Å². The summed E-state index contributed by atoms with van der Waals surface area (Å²) >= 11 is 0. The zero-order valence-corrected chi connectivity index (χ0v) is 35.0. The van der Waals surface area contributed by atoms with E-state index in [0.717, 1.165) is 59.3 Å². The molecule has 0 radical (unpaired) electrons. The number of hydrogen-bond donors (Lipinski definition) is 4. The van der Waals surface area contributed by atoms with Crippen LogP contribution in [0.5, 0.6) is 0 Å². The minimum Gasteiger partial charge on any atom is -0.469 e. The van der Waals surface area contributed by atoms with Gasteiger partial charge >= 0.3 is 12.1 Å². The maximum atomic E-state index is 13.6. The molecule has 5 atom stereocenters. The summed E-state index contributed by atoms with van der Waals surface area (Å²) in [4.78, 5) is 69.1.